The molecular weight excluding hydrogens is 250 g/mol. The summed E-state index contributed by atoms with van der Waals surface area (Å²) >= 11 is 0. The lowest BCUT2D eigenvalue weighted by atomic mass is 10.1. The average molecular weight is 265 g/mol. The fraction of sp³-hybridized carbons (Fsp3) is 0.250. The number of rotatable bonds is 3. The van der Waals surface area contributed by atoms with Crippen molar-refractivity contribution >= 4 is 26.6 Å². The molecule has 0 atom stereocenters. The van der Waals surface area contributed by atoms with E-state index in [1.807, 2.05) is 13.0 Å². The summed E-state index contributed by atoms with van der Waals surface area (Å²) in [6.45, 7) is 1.99. The van der Waals surface area contributed by atoms with Crippen molar-refractivity contribution in [1.82, 2.24) is 4.98 Å². The summed E-state index contributed by atoms with van der Waals surface area (Å²) in [5.41, 5.74) is 4.22. The van der Waals surface area contributed by atoms with Crippen molar-refractivity contribution in [2.75, 3.05) is 11.7 Å². The molecule has 1 heterocycles. The number of anilines is 1. The normalized spacial score (nSPS) is 11.7. The topological polar surface area (TPSA) is 85.1 Å². The second-order valence-electron chi connectivity index (χ2n) is 4.12. The van der Waals surface area contributed by atoms with E-state index in [1.54, 1.807) is 18.2 Å². The van der Waals surface area contributed by atoms with E-state index in [0.29, 0.717) is 16.2 Å². The van der Waals surface area contributed by atoms with Crippen LogP contribution < -0.4 is 11.3 Å². The second-order valence-corrected chi connectivity index (χ2v) is 6.14. The van der Waals surface area contributed by atoms with Gasteiger partial charge < -0.3 is 5.43 Å². The number of aryl methyl sites for hydroxylation is 1. The molecule has 18 heavy (non-hydrogen) atoms. The van der Waals surface area contributed by atoms with E-state index in [4.69, 9.17) is 5.84 Å². The third-order valence-electron chi connectivity index (χ3n) is 2.81. The first-order valence-corrected chi connectivity index (χ1v) is 7.45. The molecule has 0 unspecified atom stereocenters. The van der Waals surface area contributed by atoms with Gasteiger partial charge in [-0.05, 0) is 36.2 Å². The quantitative estimate of drug-likeness (QED) is 0.648. The molecule has 0 fully saturated rings. The number of fused-ring (bicyclic) bond motifs is 1. The number of nitrogens with zero attached hydrogens (tertiary/aromatic N) is 1. The molecule has 0 aliphatic rings. The van der Waals surface area contributed by atoms with Crippen LogP contribution in [0, 0.1) is 0 Å². The third-order valence-corrected chi connectivity index (χ3v) is 3.92. The minimum atomic E-state index is -3.20. The highest BCUT2D eigenvalue weighted by molar-refractivity contribution is 7.90. The summed E-state index contributed by atoms with van der Waals surface area (Å²) in [4.78, 5) is 4.66. The largest absolute Gasteiger partial charge is 0.308 e. The van der Waals surface area contributed by atoms with E-state index in [1.165, 1.54) is 6.26 Å². The van der Waals surface area contributed by atoms with Crippen LogP contribution in [0.5, 0.6) is 0 Å². The molecule has 0 saturated carbocycles. The molecule has 0 aliphatic heterocycles. The number of hydrogen-bond acceptors (Lipinski definition) is 5. The molecule has 3 N–H and O–H groups in total. The lowest BCUT2D eigenvalue weighted by Gasteiger charge is -2.09. The van der Waals surface area contributed by atoms with Crippen LogP contribution in [0.4, 0.5) is 5.82 Å². The molecule has 0 bridgehead atoms. The highest BCUT2D eigenvalue weighted by atomic mass is 32.2. The first kappa shape index (κ1) is 12.8. The van der Waals surface area contributed by atoms with E-state index in [9.17, 15) is 8.42 Å². The Hall–Kier alpha value is -1.66. The average Bonchev–Trinajstić information content (AvgIpc) is 2.35. The number of nitrogen functional groups attached to an aromatic ring is 1. The van der Waals surface area contributed by atoms with Gasteiger partial charge in [-0.2, -0.15) is 0 Å². The standard InChI is InChI=1S/C12H15N3O2S/c1-3-8-6-9-7-10(18(2,16)17)4-5-11(9)14-12(8)15-13/h4-7H,3,13H2,1-2H3,(H,14,15). The van der Waals surface area contributed by atoms with E-state index < -0.39 is 9.84 Å². The maximum Gasteiger partial charge on any atom is 0.175 e. The van der Waals surface area contributed by atoms with Crippen molar-refractivity contribution in [2.24, 2.45) is 5.84 Å². The van der Waals surface area contributed by atoms with Crippen molar-refractivity contribution in [3.05, 3.63) is 29.8 Å². The fourth-order valence-electron chi connectivity index (χ4n) is 1.82. The van der Waals surface area contributed by atoms with Crippen LogP contribution in [-0.2, 0) is 16.3 Å². The zero-order valence-electron chi connectivity index (χ0n) is 10.3. The fourth-order valence-corrected chi connectivity index (χ4v) is 2.48. The number of pyridine rings is 1. The number of nitrogens with one attached hydrogen (secondary N) is 1. The van der Waals surface area contributed by atoms with E-state index >= 15 is 0 Å². The molecule has 0 saturated heterocycles. The summed E-state index contributed by atoms with van der Waals surface area (Å²) in [6.07, 6.45) is 1.96. The van der Waals surface area contributed by atoms with Crippen LogP contribution >= 0.6 is 0 Å². The van der Waals surface area contributed by atoms with E-state index in [-0.39, 0.29) is 0 Å². The molecule has 1 aromatic heterocycles. The lowest BCUT2D eigenvalue weighted by Crippen LogP contribution is -2.11. The smallest absolute Gasteiger partial charge is 0.175 e. The van der Waals surface area contributed by atoms with Crippen molar-refractivity contribution in [2.45, 2.75) is 18.2 Å². The molecule has 6 heteroatoms. The predicted molar refractivity (Wildman–Crippen MR) is 72.0 cm³/mol. The molecule has 2 rings (SSSR count). The van der Waals surface area contributed by atoms with Crippen LogP contribution in [0.25, 0.3) is 10.9 Å². The van der Waals surface area contributed by atoms with Crippen LogP contribution in [0.15, 0.2) is 29.2 Å². The second kappa shape index (κ2) is 4.55. The number of nitrogens with two attached hydrogens (primary N) is 1. The zero-order chi connectivity index (χ0) is 13.3. The van der Waals surface area contributed by atoms with Crippen LogP contribution in [0.3, 0.4) is 0 Å². The molecule has 1 aromatic carbocycles. The lowest BCUT2D eigenvalue weighted by molar-refractivity contribution is 0.602. The first-order chi connectivity index (χ1) is 8.45. The Bertz CT molecular complexity index is 696. The maximum atomic E-state index is 11.5. The van der Waals surface area contributed by atoms with Gasteiger partial charge in [-0.15, -0.1) is 0 Å². The van der Waals surface area contributed by atoms with Gasteiger partial charge in [0.15, 0.2) is 9.84 Å². The number of hydrazine groups is 1. The van der Waals surface area contributed by atoms with Gasteiger partial charge in [0.1, 0.15) is 5.82 Å². The molecule has 2 aromatic rings. The summed E-state index contributed by atoms with van der Waals surface area (Å²) in [7, 11) is -3.20. The van der Waals surface area contributed by atoms with E-state index in [2.05, 4.69) is 10.4 Å². The molecule has 0 amide bonds. The Morgan fingerprint density at radius 1 is 1.33 bits per heavy atom. The number of benzene rings is 1. The molecule has 5 nitrogen and oxygen atoms in total. The highest BCUT2D eigenvalue weighted by Gasteiger charge is 2.10. The van der Waals surface area contributed by atoms with Crippen molar-refractivity contribution in [1.29, 1.82) is 0 Å². The Labute approximate surface area is 106 Å². The molecule has 96 valence electrons. The Balaban J connectivity index is 2.71. The van der Waals surface area contributed by atoms with Gasteiger partial charge in [-0.3, -0.25) is 0 Å². The molecular formula is C12H15N3O2S. The third kappa shape index (κ3) is 2.30. The van der Waals surface area contributed by atoms with Gasteiger partial charge in [0.25, 0.3) is 0 Å². The van der Waals surface area contributed by atoms with Gasteiger partial charge in [0.2, 0.25) is 0 Å². The number of hydrogen-bond donors (Lipinski definition) is 2. The van der Waals surface area contributed by atoms with Crippen LogP contribution in [0.2, 0.25) is 0 Å². The summed E-state index contributed by atoms with van der Waals surface area (Å²) in [5.74, 6) is 6.03. The van der Waals surface area contributed by atoms with Gasteiger partial charge in [-0.1, -0.05) is 6.92 Å². The van der Waals surface area contributed by atoms with Gasteiger partial charge in [0.05, 0.1) is 10.4 Å². The van der Waals surface area contributed by atoms with Gasteiger partial charge in [0, 0.05) is 11.6 Å². The molecule has 0 spiro atoms. The van der Waals surface area contributed by atoms with Crippen molar-refractivity contribution in [3.63, 3.8) is 0 Å². The van der Waals surface area contributed by atoms with Crippen LogP contribution in [-0.4, -0.2) is 19.7 Å². The number of sulfone groups is 1. The predicted octanol–water partition coefficient (Wildman–Crippen LogP) is 1.49. The number of aromatic nitrogens is 1. The minimum absolute atomic E-state index is 0.298. The Morgan fingerprint density at radius 2 is 2.06 bits per heavy atom. The Morgan fingerprint density at radius 3 is 2.61 bits per heavy atom. The highest BCUT2D eigenvalue weighted by Crippen LogP contribution is 2.23. The van der Waals surface area contributed by atoms with Gasteiger partial charge >= 0.3 is 0 Å². The zero-order valence-corrected chi connectivity index (χ0v) is 11.1. The molecule has 0 radical (unpaired) electrons. The first-order valence-electron chi connectivity index (χ1n) is 5.56. The maximum absolute atomic E-state index is 11.5. The summed E-state index contributed by atoms with van der Waals surface area (Å²) in [5, 5.41) is 0.800. The van der Waals surface area contributed by atoms with Crippen molar-refractivity contribution in [3.8, 4) is 0 Å². The van der Waals surface area contributed by atoms with Crippen molar-refractivity contribution < 1.29 is 8.42 Å². The summed E-state index contributed by atoms with van der Waals surface area (Å²) in [6, 6.07) is 6.78. The molecule has 0 aliphatic carbocycles. The Kier molecular flexibility index (Phi) is 3.23. The van der Waals surface area contributed by atoms with Gasteiger partial charge in [-0.25, -0.2) is 19.2 Å². The summed E-state index contributed by atoms with van der Waals surface area (Å²) < 4.78 is 23.0. The van der Waals surface area contributed by atoms with E-state index in [0.717, 1.165) is 17.4 Å². The van der Waals surface area contributed by atoms with Crippen LogP contribution in [0.1, 0.15) is 12.5 Å². The monoisotopic (exact) mass is 265 g/mol. The minimum Gasteiger partial charge on any atom is -0.308 e. The SMILES string of the molecule is CCc1cc2cc(S(C)(=O)=O)ccc2nc1NN.